The van der Waals surface area contributed by atoms with Gasteiger partial charge in [0, 0.05) is 26.1 Å². The van der Waals surface area contributed by atoms with Crippen molar-refractivity contribution in [3.63, 3.8) is 0 Å². The minimum Gasteiger partial charge on any atom is -0.468 e. The zero-order chi connectivity index (χ0) is 17.9. The Morgan fingerprint density at radius 3 is 2.54 bits per heavy atom. The number of benzene rings is 1. The van der Waals surface area contributed by atoms with Gasteiger partial charge in [-0.15, -0.1) is 0 Å². The highest BCUT2D eigenvalue weighted by Crippen LogP contribution is 2.11. The van der Waals surface area contributed by atoms with Crippen LogP contribution in [0.25, 0.3) is 0 Å². The lowest BCUT2D eigenvalue weighted by Gasteiger charge is -2.09. The van der Waals surface area contributed by atoms with E-state index in [2.05, 4.69) is 10.1 Å². The van der Waals surface area contributed by atoms with Gasteiger partial charge < -0.3 is 15.0 Å². The zero-order valence-corrected chi connectivity index (χ0v) is 14.6. The lowest BCUT2D eigenvalue weighted by atomic mass is 10.0. The summed E-state index contributed by atoms with van der Waals surface area (Å²) in [6.45, 7) is -0.139. The van der Waals surface area contributed by atoms with Crippen molar-refractivity contribution < 1.29 is 19.1 Å². The van der Waals surface area contributed by atoms with Crippen LogP contribution in [-0.4, -0.2) is 50.4 Å². The number of esters is 1. The SMILES string of the molecule is COC(=O)CNC(=O)c1cccc(CCCCCC(=O)N(C)C)c1. The van der Waals surface area contributed by atoms with Gasteiger partial charge in [-0.2, -0.15) is 0 Å². The summed E-state index contributed by atoms with van der Waals surface area (Å²) in [6, 6.07) is 7.35. The van der Waals surface area contributed by atoms with Crippen LogP contribution in [0.4, 0.5) is 0 Å². The third-order valence-corrected chi connectivity index (χ3v) is 3.67. The van der Waals surface area contributed by atoms with E-state index in [4.69, 9.17) is 0 Å². The number of rotatable bonds is 9. The second kappa shape index (κ2) is 10.4. The molecule has 0 saturated carbocycles. The van der Waals surface area contributed by atoms with Crippen LogP contribution in [0.3, 0.4) is 0 Å². The lowest BCUT2D eigenvalue weighted by molar-refractivity contribution is -0.139. The first-order chi connectivity index (χ1) is 11.4. The number of hydrogen-bond donors (Lipinski definition) is 1. The number of amides is 2. The number of methoxy groups -OCH3 is 1. The van der Waals surface area contributed by atoms with E-state index >= 15 is 0 Å². The van der Waals surface area contributed by atoms with Gasteiger partial charge in [0.25, 0.3) is 5.91 Å². The molecule has 0 atom stereocenters. The molecule has 0 aliphatic heterocycles. The number of unbranched alkanes of at least 4 members (excludes halogenated alkanes) is 2. The average molecular weight is 334 g/mol. The van der Waals surface area contributed by atoms with Crippen molar-refractivity contribution in [2.45, 2.75) is 32.1 Å². The molecule has 132 valence electrons. The maximum absolute atomic E-state index is 12.0. The molecule has 0 aromatic heterocycles. The fraction of sp³-hybridized carbons (Fsp3) is 0.500. The maximum Gasteiger partial charge on any atom is 0.325 e. The first-order valence-electron chi connectivity index (χ1n) is 8.08. The van der Waals surface area contributed by atoms with Crippen molar-refractivity contribution in [3.05, 3.63) is 35.4 Å². The van der Waals surface area contributed by atoms with E-state index in [0.29, 0.717) is 12.0 Å². The monoisotopic (exact) mass is 334 g/mol. The number of carbonyl (C=O) groups excluding carboxylic acids is 3. The van der Waals surface area contributed by atoms with E-state index in [1.54, 1.807) is 25.1 Å². The van der Waals surface area contributed by atoms with Crippen LogP contribution in [0.15, 0.2) is 24.3 Å². The summed E-state index contributed by atoms with van der Waals surface area (Å²) in [5.41, 5.74) is 1.60. The van der Waals surface area contributed by atoms with Gasteiger partial charge in [-0.25, -0.2) is 0 Å². The van der Waals surface area contributed by atoms with Crippen molar-refractivity contribution >= 4 is 17.8 Å². The van der Waals surface area contributed by atoms with Crippen LogP contribution >= 0.6 is 0 Å². The first kappa shape index (κ1) is 19.7. The van der Waals surface area contributed by atoms with Crippen LogP contribution in [0, 0.1) is 0 Å². The van der Waals surface area contributed by atoms with E-state index in [0.717, 1.165) is 31.2 Å². The third kappa shape index (κ3) is 7.26. The third-order valence-electron chi connectivity index (χ3n) is 3.67. The van der Waals surface area contributed by atoms with Gasteiger partial charge in [0.2, 0.25) is 5.91 Å². The molecule has 6 nitrogen and oxygen atoms in total. The fourth-order valence-corrected chi connectivity index (χ4v) is 2.20. The fourth-order valence-electron chi connectivity index (χ4n) is 2.20. The Balaban J connectivity index is 2.38. The predicted octanol–water partition coefficient (Wildman–Crippen LogP) is 1.78. The minimum absolute atomic E-state index is 0.139. The normalized spacial score (nSPS) is 10.1. The summed E-state index contributed by atoms with van der Waals surface area (Å²) in [5.74, 6) is -0.620. The molecular weight excluding hydrogens is 308 g/mol. The van der Waals surface area contributed by atoms with Crippen LogP contribution in [0.5, 0.6) is 0 Å². The lowest BCUT2D eigenvalue weighted by Crippen LogP contribution is -2.30. The van der Waals surface area contributed by atoms with Gasteiger partial charge in [-0.3, -0.25) is 14.4 Å². The molecule has 6 heteroatoms. The summed E-state index contributed by atoms with van der Waals surface area (Å²) < 4.78 is 4.49. The highest BCUT2D eigenvalue weighted by molar-refractivity contribution is 5.96. The smallest absolute Gasteiger partial charge is 0.325 e. The molecule has 0 aliphatic rings. The number of nitrogens with one attached hydrogen (secondary N) is 1. The van der Waals surface area contributed by atoms with Crippen molar-refractivity contribution in [1.29, 1.82) is 0 Å². The Hall–Kier alpha value is -2.37. The van der Waals surface area contributed by atoms with Gasteiger partial charge in [0.15, 0.2) is 0 Å². The zero-order valence-electron chi connectivity index (χ0n) is 14.6. The molecule has 0 fully saturated rings. The Kier molecular flexibility index (Phi) is 8.54. The van der Waals surface area contributed by atoms with Crippen molar-refractivity contribution in [2.75, 3.05) is 27.7 Å². The van der Waals surface area contributed by atoms with Crippen molar-refractivity contribution in [2.24, 2.45) is 0 Å². The first-order valence-corrected chi connectivity index (χ1v) is 8.08. The molecule has 2 amide bonds. The number of carbonyl (C=O) groups is 3. The average Bonchev–Trinajstić information content (AvgIpc) is 2.58. The van der Waals surface area contributed by atoms with E-state index in [-0.39, 0.29) is 18.4 Å². The van der Waals surface area contributed by atoms with Gasteiger partial charge in [0.05, 0.1) is 7.11 Å². The van der Waals surface area contributed by atoms with E-state index in [9.17, 15) is 14.4 Å². The van der Waals surface area contributed by atoms with Gasteiger partial charge in [-0.1, -0.05) is 18.6 Å². The maximum atomic E-state index is 12.0. The summed E-state index contributed by atoms with van der Waals surface area (Å²) in [6.07, 6.45) is 4.24. The highest BCUT2D eigenvalue weighted by atomic mass is 16.5. The van der Waals surface area contributed by atoms with E-state index in [1.165, 1.54) is 7.11 Å². The number of nitrogens with zero attached hydrogens (tertiary/aromatic N) is 1. The van der Waals surface area contributed by atoms with E-state index in [1.807, 2.05) is 18.2 Å². The second-order valence-corrected chi connectivity index (χ2v) is 5.81. The van der Waals surface area contributed by atoms with Crippen LogP contribution in [0.1, 0.15) is 41.6 Å². The van der Waals surface area contributed by atoms with E-state index < -0.39 is 5.97 Å². The highest BCUT2D eigenvalue weighted by Gasteiger charge is 2.08. The summed E-state index contributed by atoms with van der Waals surface area (Å²) in [5, 5.41) is 2.52. The van der Waals surface area contributed by atoms with Gasteiger partial charge in [0.1, 0.15) is 6.54 Å². The quantitative estimate of drug-likeness (QED) is 0.552. The number of ether oxygens (including phenoxy) is 1. The van der Waals surface area contributed by atoms with Crippen molar-refractivity contribution in [1.82, 2.24) is 10.2 Å². The second-order valence-electron chi connectivity index (χ2n) is 5.81. The molecule has 1 rings (SSSR count). The Bertz CT molecular complexity index is 570. The summed E-state index contributed by atoms with van der Waals surface area (Å²) in [4.78, 5) is 36.1. The predicted molar refractivity (Wildman–Crippen MR) is 91.7 cm³/mol. The molecule has 0 heterocycles. The standard InChI is InChI=1S/C18H26N2O4/c1-20(2)16(21)11-6-4-5-8-14-9-7-10-15(12-14)18(23)19-13-17(22)24-3/h7,9-10,12H,4-6,8,11,13H2,1-3H3,(H,19,23). The number of hydrogen-bond acceptors (Lipinski definition) is 4. The van der Waals surface area contributed by atoms with Gasteiger partial charge in [-0.05, 0) is 37.0 Å². The van der Waals surface area contributed by atoms with Crippen LogP contribution in [-0.2, 0) is 20.7 Å². The molecular formula is C18H26N2O4. The van der Waals surface area contributed by atoms with Crippen molar-refractivity contribution in [3.8, 4) is 0 Å². The number of aryl methyl sites for hydroxylation is 1. The Morgan fingerprint density at radius 2 is 1.88 bits per heavy atom. The summed E-state index contributed by atoms with van der Waals surface area (Å²) in [7, 11) is 4.80. The van der Waals surface area contributed by atoms with Crippen LogP contribution < -0.4 is 5.32 Å². The molecule has 0 unspecified atom stereocenters. The van der Waals surface area contributed by atoms with Crippen LogP contribution in [0.2, 0.25) is 0 Å². The topological polar surface area (TPSA) is 75.7 Å². The molecule has 0 saturated heterocycles. The molecule has 0 bridgehead atoms. The molecule has 1 aromatic carbocycles. The Morgan fingerprint density at radius 1 is 1.12 bits per heavy atom. The Labute approximate surface area is 143 Å². The van der Waals surface area contributed by atoms with Gasteiger partial charge >= 0.3 is 5.97 Å². The molecule has 1 aromatic rings. The molecule has 0 radical (unpaired) electrons. The molecule has 0 aliphatic carbocycles. The molecule has 0 spiro atoms. The minimum atomic E-state index is -0.480. The molecule has 1 N–H and O–H groups in total. The largest absolute Gasteiger partial charge is 0.468 e. The summed E-state index contributed by atoms with van der Waals surface area (Å²) >= 11 is 0. The molecule has 24 heavy (non-hydrogen) atoms.